The molecule has 1 aromatic heterocycles. The van der Waals surface area contributed by atoms with Gasteiger partial charge in [0.2, 0.25) is 0 Å². The standard InChI is InChI=1S/C19H15Cl2FN2O2S2/c20-13-3-6-17(16(21)7-13)26-8-18(25)24-19-23-15(11-28-19)10-27-9-12-1-4-14(22)5-2-12/h1-7,11H,8-10H2,(H,23,24,25). The minimum Gasteiger partial charge on any atom is -0.482 e. The van der Waals surface area contributed by atoms with Crippen molar-refractivity contribution in [1.82, 2.24) is 4.98 Å². The summed E-state index contributed by atoms with van der Waals surface area (Å²) in [6.07, 6.45) is 0. The molecule has 0 aliphatic heterocycles. The number of rotatable bonds is 8. The van der Waals surface area contributed by atoms with Crippen molar-refractivity contribution in [3.8, 4) is 5.75 Å². The van der Waals surface area contributed by atoms with Crippen molar-refractivity contribution in [1.29, 1.82) is 0 Å². The molecule has 9 heteroatoms. The fourth-order valence-corrected chi connectivity index (χ4v) is 4.36. The van der Waals surface area contributed by atoms with E-state index in [1.165, 1.54) is 23.5 Å². The molecule has 0 atom stereocenters. The van der Waals surface area contributed by atoms with Crippen LogP contribution in [0.5, 0.6) is 5.75 Å². The lowest BCUT2D eigenvalue weighted by atomic mass is 10.2. The van der Waals surface area contributed by atoms with Crippen LogP contribution in [0.1, 0.15) is 11.3 Å². The number of aromatic nitrogens is 1. The number of carbonyl (C=O) groups is 1. The number of thiazole rings is 1. The molecule has 1 heterocycles. The van der Waals surface area contributed by atoms with E-state index in [-0.39, 0.29) is 18.3 Å². The fraction of sp³-hybridized carbons (Fsp3) is 0.158. The van der Waals surface area contributed by atoms with Crippen molar-refractivity contribution in [2.75, 3.05) is 11.9 Å². The summed E-state index contributed by atoms with van der Waals surface area (Å²) in [7, 11) is 0. The van der Waals surface area contributed by atoms with Gasteiger partial charge in [0.25, 0.3) is 5.91 Å². The van der Waals surface area contributed by atoms with Gasteiger partial charge in [-0.25, -0.2) is 9.37 Å². The molecule has 0 unspecified atom stereocenters. The highest BCUT2D eigenvalue weighted by atomic mass is 35.5. The molecule has 0 aliphatic rings. The lowest BCUT2D eigenvalue weighted by molar-refractivity contribution is -0.118. The molecule has 3 rings (SSSR count). The average Bonchev–Trinajstić information content (AvgIpc) is 3.10. The SMILES string of the molecule is O=C(COc1ccc(Cl)cc1Cl)Nc1nc(CSCc2ccc(F)cc2)cs1. The Morgan fingerprint density at radius 3 is 2.71 bits per heavy atom. The Hall–Kier alpha value is -1.80. The number of hydrogen-bond acceptors (Lipinski definition) is 5. The topological polar surface area (TPSA) is 51.2 Å². The minimum absolute atomic E-state index is 0.185. The maximum absolute atomic E-state index is 12.9. The van der Waals surface area contributed by atoms with Crippen LogP contribution in [-0.2, 0) is 16.3 Å². The zero-order chi connectivity index (χ0) is 19.9. The number of thioether (sulfide) groups is 1. The molecular weight excluding hydrogens is 442 g/mol. The monoisotopic (exact) mass is 456 g/mol. The molecule has 0 bridgehead atoms. The van der Waals surface area contributed by atoms with Crippen molar-refractivity contribution < 1.29 is 13.9 Å². The van der Waals surface area contributed by atoms with E-state index in [9.17, 15) is 9.18 Å². The lowest BCUT2D eigenvalue weighted by Gasteiger charge is -2.07. The first kappa shape index (κ1) is 20.9. The predicted octanol–water partition coefficient (Wildman–Crippen LogP) is 6.04. The summed E-state index contributed by atoms with van der Waals surface area (Å²) in [5.74, 6) is 1.27. The van der Waals surface area contributed by atoms with Crippen LogP contribution < -0.4 is 10.1 Å². The summed E-state index contributed by atoms with van der Waals surface area (Å²) in [5, 5.41) is 5.94. The molecule has 2 aromatic carbocycles. The van der Waals surface area contributed by atoms with Gasteiger partial charge in [0, 0.05) is 21.9 Å². The van der Waals surface area contributed by atoms with Gasteiger partial charge < -0.3 is 4.74 Å². The highest BCUT2D eigenvalue weighted by molar-refractivity contribution is 7.97. The second-order valence-electron chi connectivity index (χ2n) is 5.67. The Morgan fingerprint density at radius 2 is 1.96 bits per heavy atom. The first-order valence-corrected chi connectivity index (χ1v) is 10.9. The molecule has 0 radical (unpaired) electrons. The molecule has 1 N–H and O–H groups in total. The van der Waals surface area contributed by atoms with Gasteiger partial charge in [0.05, 0.1) is 10.7 Å². The highest BCUT2D eigenvalue weighted by Crippen LogP contribution is 2.27. The molecule has 0 aliphatic carbocycles. The predicted molar refractivity (Wildman–Crippen MR) is 114 cm³/mol. The van der Waals surface area contributed by atoms with Gasteiger partial charge in [-0.15, -0.1) is 11.3 Å². The van der Waals surface area contributed by atoms with Gasteiger partial charge in [0.15, 0.2) is 11.7 Å². The number of hydrogen-bond donors (Lipinski definition) is 1. The van der Waals surface area contributed by atoms with Crippen molar-refractivity contribution in [3.05, 3.63) is 75.0 Å². The lowest BCUT2D eigenvalue weighted by Crippen LogP contribution is -2.20. The van der Waals surface area contributed by atoms with Crippen LogP contribution in [0.15, 0.2) is 47.8 Å². The second-order valence-corrected chi connectivity index (χ2v) is 8.36. The third-order valence-corrected chi connectivity index (χ3v) is 5.86. The van der Waals surface area contributed by atoms with Crippen LogP contribution in [0.3, 0.4) is 0 Å². The zero-order valence-corrected chi connectivity index (χ0v) is 17.6. The summed E-state index contributed by atoms with van der Waals surface area (Å²) in [5.41, 5.74) is 1.92. The Balaban J connectivity index is 1.43. The number of carbonyl (C=O) groups excluding carboxylic acids is 1. The Kier molecular flexibility index (Phi) is 7.56. The quantitative estimate of drug-likeness (QED) is 0.448. The van der Waals surface area contributed by atoms with E-state index in [0.717, 1.165) is 17.0 Å². The molecular formula is C19H15Cl2FN2O2S2. The van der Waals surface area contributed by atoms with E-state index in [4.69, 9.17) is 27.9 Å². The van der Waals surface area contributed by atoms with Gasteiger partial charge in [-0.1, -0.05) is 35.3 Å². The van der Waals surface area contributed by atoms with Crippen molar-refractivity contribution in [3.63, 3.8) is 0 Å². The van der Waals surface area contributed by atoms with E-state index >= 15 is 0 Å². The van der Waals surface area contributed by atoms with E-state index in [1.807, 2.05) is 5.38 Å². The van der Waals surface area contributed by atoms with Gasteiger partial charge in [0.1, 0.15) is 11.6 Å². The molecule has 0 saturated carbocycles. The van der Waals surface area contributed by atoms with Crippen LogP contribution in [0.2, 0.25) is 10.0 Å². The van der Waals surface area contributed by atoms with Crippen molar-refractivity contribution >= 4 is 57.3 Å². The molecule has 3 aromatic rings. The van der Waals surface area contributed by atoms with E-state index in [2.05, 4.69) is 10.3 Å². The Morgan fingerprint density at radius 1 is 1.18 bits per heavy atom. The molecule has 1 amide bonds. The van der Waals surface area contributed by atoms with Crippen LogP contribution in [-0.4, -0.2) is 17.5 Å². The first-order chi connectivity index (χ1) is 13.5. The third kappa shape index (κ3) is 6.38. The van der Waals surface area contributed by atoms with Crippen LogP contribution >= 0.6 is 46.3 Å². The molecule has 146 valence electrons. The van der Waals surface area contributed by atoms with Crippen LogP contribution in [0, 0.1) is 5.82 Å². The second kappa shape index (κ2) is 10.1. The molecule has 28 heavy (non-hydrogen) atoms. The van der Waals surface area contributed by atoms with Gasteiger partial charge in [-0.2, -0.15) is 11.8 Å². The number of anilines is 1. The smallest absolute Gasteiger partial charge is 0.264 e. The zero-order valence-electron chi connectivity index (χ0n) is 14.5. The Labute approximate surface area is 180 Å². The van der Waals surface area contributed by atoms with Gasteiger partial charge in [-0.3, -0.25) is 10.1 Å². The number of halogens is 3. The van der Waals surface area contributed by atoms with E-state index < -0.39 is 0 Å². The third-order valence-electron chi connectivity index (χ3n) is 3.48. The maximum atomic E-state index is 12.9. The summed E-state index contributed by atoms with van der Waals surface area (Å²) in [6, 6.07) is 11.2. The largest absolute Gasteiger partial charge is 0.482 e. The number of amides is 1. The average molecular weight is 457 g/mol. The molecule has 4 nitrogen and oxygen atoms in total. The summed E-state index contributed by atoms with van der Waals surface area (Å²) < 4.78 is 18.3. The first-order valence-electron chi connectivity index (χ1n) is 8.14. The molecule has 0 spiro atoms. The van der Waals surface area contributed by atoms with E-state index in [1.54, 1.807) is 42.1 Å². The Bertz CT molecular complexity index is 951. The van der Waals surface area contributed by atoms with Crippen LogP contribution in [0.25, 0.3) is 0 Å². The molecule has 0 fully saturated rings. The fourth-order valence-electron chi connectivity index (χ4n) is 2.18. The van der Waals surface area contributed by atoms with Crippen molar-refractivity contribution in [2.24, 2.45) is 0 Å². The van der Waals surface area contributed by atoms with Crippen molar-refractivity contribution in [2.45, 2.75) is 11.5 Å². The number of nitrogens with zero attached hydrogens (tertiary/aromatic N) is 1. The van der Waals surface area contributed by atoms with Gasteiger partial charge >= 0.3 is 0 Å². The summed E-state index contributed by atoms with van der Waals surface area (Å²) in [4.78, 5) is 16.4. The summed E-state index contributed by atoms with van der Waals surface area (Å²) >= 11 is 14.8. The van der Waals surface area contributed by atoms with Gasteiger partial charge in [-0.05, 0) is 35.9 Å². The maximum Gasteiger partial charge on any atom is 0.264 e. The minimum atomic E-state index is -0.328. The normalized spacial score (nSPS) is 10.7. The van der Waals surface area contributed by atoms with E-state index in [0.29, 0.717) is 26.7 Å². The molecule has 0 saturated heterocycles. The number of benzene rings is 2. The number of ether oxygens (including phenoxy) is 1. The highest BCUT2D eigenvalue weighted by Gasteiger charge is 2.10. The summed E-state index contributed by atoms with van der Waals surface area (Å²) in [6.45, 7) is -0.185. The van der Waals surface area contributed by atoms with Crippen LogP contribution in [0.4, 0.5) is 9.52 Å². The number of nitrogens with one attached hydrogen (secondary N) is 1.